The number of imidazole rings is 1. The molecule has 0 aliphatic carbocycles. The SMILES string of the molecule is Cc1ccc2nc(SCC(=O)Nc3ccc(-c4csc(C)n4)cc3)[nH]c2c1. The summed E-state index contributed by atoms with van der Waals surface area (Å²) in [5, 5.41) is 6.75. The zero-order valence-corrected chi connectivity index (χ0v) is 16.6. The fraction of sp³-hybridized carbons (Fsp3) is 0.150. The molecule has 136 valence electrons. The van der Waals surface area contributed by atoms with E-state index in [9.17, 15) is 4.79 Å². The molecular formula is C20H18N4OS2. The summed E-state index contributed by atoms with van der Waals surface area (Å²) in [4.78, 5) is 24.5. The molecule has 0 saturated heterocycles. The molecule has 27 heavy (non-hydrogen) atoms. The summed E-state index contributed by atoms with van der Waals surface area (Å²) in [6, 6.07) is 13.8. The minimum absolute atomic E-state index is 0.0612. The number of amides is 1. The van der Waals surface area contributed by atoms with Crippen molar-refractivity contribution in [3.05, 3.63) is 58.4 Å². The number of carbonyl (C=O) groups excluding carboxylic acids is 1. The number of hydrogen-bond donors (Lipinski definition) is 2. The highest BCUT2D eigenvalue weighted by Gasteiger charge is 2.08. The molecule has 2 N–H and O–H groups in total. The topological polar surface area (TPSA) is 70.7 Å². The monoisotopic (exact) mass is 394 g/mol. The summed E-state index contributed by atoms with van der Waals surface area (Å²) in [6.07, 6.45) is 0. The van der Waals surface area contributed by atoms with E-state index in [4.69, 9.17) is 0 Å². The van der Waals surface area contributed by atoms with Crippen LogP contribution in [0.5, 0.6) is 0 Å². The van der Waals surface area contributed by atoms with Gasteiger partial charge in [-0.3, -0.25) is 4.79 Å². The largest absolute Gasteiger partial charge is 0.333 e. The Morgan fingerprint density at radius 3 is 2.70 bits per heavy atom. The Balaban J connectivity index is 1.35. The second-order valence-electron chi connectivity index (χ2n) is 6.23. The molecule has 4 rings (SSSR count). The fourth-order valence-corrected chi connectivity index (χ4v) is 4.03. The van der Waals surface area contributed by atoms with E-state index in [1.54, 1.807) is 11.3 Å². The lowest BCUT2D eigenvalue weighted by atomic mass is 10.1. The molecule has 4 aromatic rings. The Morgan fingerprint density at radius 2 is 1.96 bits per heavy atom. The van der Waals surface area contributed by atoms with Gasteiger partial charge in [0.15, 0.2) is 5.16 Å². The Labute approximate surface area is 165 Å². The van der Waals surface area contributed by atoms with Crippen LogP contribution in [0.4, 0.5) is 5.69 Å². The van der Waals surface area contributed by atoms with Crippen molar-refractivity contribution in [3.63, 3.8) is 0 Å². The zero-order valence-electron chi connectivity index (χ0n) is 14.9. The number of thiazole rings is 1. The third-order valence-electron chi connectivity index (χ3n) is 4.04. The Morgan fingerprint density at radius 1 is 1.15 bits per heavy atom. The molecule has 2 heterocycles. The number of H-pyrrole nitrogens is 1. The van der Waals surface area contributed by atoms with E-state index in [0.717, 1.165) is 38.1 Å². The van der Waals surface area contributed by atoms with Gasteiger partial charge in [-0.15, -0.1) is 11.3 Å². The summed E-state index contributed by atoms with van der Waals surface area (Å²) >= 11 is 3.02. The van der Waals surface area contributed by atoms with Crippen LogP contribution in [0.3, 0.4) is 0 Å². The van der Waals surface area contributed by atoms with Crippen molar-refractivity contribution in [2.24, 2.45) is 0 Å². The Kier molecular flexibility index (Phi) is 4.96. The van der Waals surface area contributed by atoms with Gasteiger partial charge in [-0.25, -0.2) is 9.97 Å². The predicted octanol–water partition coefficient (Wildman–Crippen LogP) is 5.03. The highest BCUT2D eigenvalue weighted by molar-refractivity contribution is 7.99. The second kappa shape index (κ2) is 7.54. The number of benzene rings is 2. The number of carbonyl (C=O) groups is 1. The molecule has 2 aromatic carbocycles. The van der Waals surface area contributed by atoms with Crippen molar-refractivity contribution < 1.29 is 4.79 Å². The van der Waals surface area contributed by atoms with Crippen molar-refractivity contribution in [3.8, 4) is 11.3 Å². The van der Waals surface area contributed by atoms with E-state index in [1.807, 2.05) is 55.6 Å². The number of aryl methyl sites for hydroxylation is 2. The molecule has 0 radical (unpaired) electrons. The standard InChI is InChI=1S/C20H18N4OS2/c1-12-3-8-16-17(9-12)24-20(23-16)27-11-19(25)22-15-6-4-14(5-7-15)18-10-26-13(2)21-18/h3-10H,11H2,1-2H3,(H,22,25)(H,23,24). The summed E-state index contributed by atoms with van der Waals surface area (Å²) in [6.45, 7) is 4.03. The molecule has 0 aliphatic heterocycles. The molecule has 0 spiro atoms. The highest BCUT2D eigenvalue weighted by atomic mass is 32.2. The number of hydrogen-bond acceptors (Lipinski definition) is 5. The number of aromatic amines is 1. The van der Waals surface area contributed by atoms with Crippen LogP contribution in [0.15, 0.2) is 53.0 Å². The molecule has 5 nitrogen and oxygen atoms in total. The zero-order chi connectivity index (χ0) is 18.8. The number of anilines is 1. The van der Waals surface area contributed by atoms with Gasteiger partial charge in [0.1, 0.15) is 0 Å². The van der Waals surface area contributed by atoms with E-state index in [0.29, 0.717) is 5.75 Å². The van der Waals surface area contributed by atoms with Gasteiger partial charge in [0.2, 0.25) is 5.91 Å². The van der Waals surface area contributed by atoms with Crippen LogP contribution in [-0.2, 0) is 4.79 Å². The first kappa shape index (κ1) is 17.8. The molecule has 0 unspecified atom stereocenters. The van der Waals surface area contributed by atoms with E-state index in [-0.39, 0.29) is 5.91 Å². The first-order valence-corrected chi connectivity index (χ1v) is 10.3. The van der Waals surface area contributed by atoms with Crippen molar-refractivity contribution in [1.82, 2.24) is 15.0 Å². The highest BCUT2D eigenvalue weighted by Crippen LogP contribution is 2.24. The number of aromatic nitrogens is 3. The van der Waals surface area contributed by atoms with Gasteiger partial charge in [0, 0.05) is 16.6 Å². The smallest absolute Gasteiger partial charge is 0.234 e. The average molecular weight is 395 g/mol. The van der Waals surface area contributed by atoms with Gasteiger partial charge < -0.3 is 10.3 Å². The fourth-order valence-electron chi connectivity index (χ4n) is 2.72. The first-order chi connectivity index (χ1) is 13.1. The lowest BCUT2D eigenvalue weighted by Crippen LogP contribution is -2.14. The van der Waals surface area contributed by atoms with E-state index >= 15 is 0 Å². The summed E-state index contributed by atoms with van der Waals surface area (Å²) in [5.74, 6) is 0.236. The van der Waals surface area contributed by atoms with Crippen LogP contribution >= 0.6 is 23.1 Å². The molecule has 0 saturated carbocycles. The van der Waals surface area contributed by atoms with Gasteiger partial charge in [-0.2, -0.15) is 0 Å². The maximum atomic E-state index is 12.2. The minimum Gasteiger partial charge on any atom is -0.333 e. The maximum absolute atomic E-state index is 12.2. The number of nitrogens with zero attached hydrogens (tertiary/aromatic N) is 2. The van der Waals surface area contributed by atoms with Crippen LogP contribution < -0.4 is 5.32 Å². The van der Waals surface area contributed by atoms with Crippen LogP contribution in [0.2, 0.25) is 0 Å². The van der Waals surface area contributed by atoms with E-state index in [1.165, 1.54) is 17.3 Å². The summed E-state index contributed by atoms with van der Waals surface area (Å²) in [5.41, 5.74) is 5.87. The van der Waals surface area contributed by atoms with Crippen LogP contribution in [0, 0.1) is 13.8 Å². The van der Waals surface area contributed by atoms with Crippen LogP contribution in [0.25, 0.3) is 22.3 Å². The molecular weight excluding hydrogens is 376 g/mol. The van der Waals surface area contributed by atoms with Gasteiger partial charge >= 0.3 is 0 Å². The van der Waals surface area contributed by atoms with Crippen molar-refractivity contribution in [2.75, 3.05) is 11.1 Å². The molecule has 2 aromatic heterocycles. The second-order valence-corrected chi connectivity index (χ2v) is 8.25. The molecule has 0 aliphatic rings. The van der Waals surface area contributed by atoms with Gasteiger partial charge in [-0.05, 0) is 43.7 Å². The maximum Gasteiger partial charge on any atom is 0.234 e. The third-order valence-corrected chi connectivity index (χ3v) is 5.69. The lowest BCUT2D eigenvalue weighted by molar-refractivity contribution is -0.113. The Hall–Kier alpha value is -2.64. The number of fused-ring (bicyclic) bond motifs is 1. The van der Waals surface area contributed by atoms with Crippen molar-refractivity contribution in [2.45, 2.75) is 19.0 Å². The summed E-state index contributed by atoms with van der Waals surface area (Å²) < 4.78 is 0. The normalized spacial score (nSPS) is 11.0. The minimum atomic E-state index is -0.0612. The van der Waals surface area contributed by atoms with Gasteiger partial charge in [-0.1, -0.05) is 30.0 Å². The third kappa shape index (κ3) is 4.20. The summed E-state index contributed by atoms with van der Waals surface area (Å²) in [7, 11) is 0. The predicted molar refractivity (Wildman–Crippen MR) is 112 cm³/mol. The van der Waals surface area contributed by atoms with Crippen molar-refractivity contribution >= 4 is 45.7 Å². The molecule has 7 heteroatoms. The van der Waals surface area contributed by atoms with Gasteiger partial charge in [0.05, 0.1) is 27.5 Å². The number of thioether (sulfide) groups is 1. The average Bonchev–Trinajstić information content (AvgIpc) is 3.26. The van der Waals surface area contributed by atoms with Crippen molar-refractivity contribution in [1.29, 1.82) is 0 Å². The lowest BCUT2D eigenvalue weighted by Gasteiger charge is -2.05. The molecule has 0 atom stereocenters. The molecule has 0 bridgehead atoms. The van der Waals surface area contributed by atoms with E-state index < -0.39 is 0 Å². The number of rotatable bonds is 5. The van der Waals surface area contributed by atoms with Crippen LogP contribution in [-0.4, -0.2) is 26.6 Å². The molecule has 1 amide bonds. The van der Waals surface area contributed by atoms with E-state index in [2.05, 4.69) is 26.3 Å². The quantitative estimate of drug-likeness (QED) is 0.466. The molecule has 0 fully saturated rings. The van der Waals surface area contributed by atoms with Crippen LogP contribution in [0.1, 0.15) is 10.6 Å². The Bertz CT molecular complexity index is 1100. The van der Waals surface area contributed by atoms with Gasteiger partial charge in [0.25, 0.3) is 0 Å². The number of nitrogens with one attached hydrogen (secondary N) is 2. The first-order valence-electron chi connectivity index (χ1n) is 8.48.